The van der Waals surface area contributed by atoms with Crippen molar-refractivity contribution in [2.45, 2.75) is 31.6 Å². The zero-order chi connectivity index (χ0) is 23.4. The molecule has 1 aliphatic carbocycles. The second-order valence-electron chi connectivity index (χ2n) is 7.68. The van der Waals surface area contributed by atoms with E-state index < -0.39 is 17.6 Å². The van der Waals surface area contributed by atoms with Crippen LogP contribution in [0.15, 0.2) is 66.0 Å². The largest absolute Gasteiger partial charge is 0.484 e. The molecule has 0 atom stereocenters. The predicted molar refractivity (Wildman–Crippen MR) is 119 cm³/mol. The first-order valence-electron chi connectivity index (χ1n) is 10.3. The molecule has 1 saturated carbocycles. The summed E-state index contributed by atoms with van der Waals surface area (Å²) in [5.74, 6) is -0.271. The predicted octanol–water partition coefficient (Wildman–Crippen LogP) is 5.59. The van der Waals surface area contributed by atoms with Crippen molar-refractivity contribution >= 4 is 28.8 Å². The van der Waals surface area contributed by atoms with Crippen LogP contribution in [0.5, 0.6) is 5.75 Å². The molecule has 0 spiro atoms. The number of benzene rings is 2. The van der Waals surface area contributed by atoms with E-state index >= 15 is 0 Å². The van der Waals surface area contributed by atoms with Gasteiger partial charge in [-0.1, -0.05) is 12.1 Å². The number of rotatable bonds is 8. The summed E-state index contributed by atoms with van der Waals surface area (Å²) in [4.78, 5) is 28.1. The number of anilines is 1. The number of hydrogen-bond donors (Lipinski definition) is 1. The lowest BCUT2D eigenvalue weighted by atomic mass is 10.2. The normalized spacial score (nSPS) is 13.4. The molecule has 1 N–H and O–H groups in total. The SMILES string of the molecule is O=C(COc1ccc(C(=O)N(Cc2cccs2)C2CC2)cc1)Nc1cccc(C(F)(F)F)c1. The van der Waals surface area contributed by atoms with Crippen LogP contribution in [0.2, 0.25) is 0 Å². The number of carbonyl (C=O) groups excluding carboxylic acids is 2. The van der Waals surface area contributed by atoms with Crippen molar-refractivity contribution in [2.75, 3.05) is 11.9 Å². The number of carbonyl (C=O) groups is 2. The number of alkyl halides is 3. The first-order valence-corrected chi connectivity index (χ1v) is 11.2. The van der Waals surface area contributed by atoms with Crippen LogP contribution in [-0.2, 0) is 17.5 Å². The van der Waals surface area contributed by atoms with Crippen LogP contribution in [0.3, 0.4) is 0 Å². The van der Waals surface area contributed by atoms with Gasteiger partial charge in [-0.3, -0.25) is 9.59 Å². The molecular formula is C24H21F3N2O3S. The Labute approximate surface area is 192 Å². The summed E-state index contributed by atoms with van der Waals surface area (Å²) < 4.78 is 43.8. The average molecular weight is 475 g/mol. The Morgan fingerprint density at radius 2 is 1.82 bits per heavy atom. The summed E-state index contributed by atoms with van der Waals surface area (Å²) in [6, 6.07) is 15.1. The van der Waals surface area contributed by atoms with Gasteiger partial charge in [-0.05, 0) is 66.8 Å². The highest BCUT2D eigenvalue weighted by Gasteiger charge is 2.33. The highest BCUT2D eigenvalue weighted by Crippen LogP contribution is 2.32. The summed E-state index contributed by atoms with van der Waals surface area (Å²) >= 11 is 1.62. The van der Waals surface area contributed by atoms with Crippen LogP contribution in [0.1, 0.15) is 33.6 Å². The zero-order valence-corrected chi connectivity index (χ0v) is 18.3. The van der Waals surface area contributed by atoms with E-state index in [9.17, 15) is 22.8 Å². The summed E-state index contributed by atoms with van der Waals surface area (Å²) in [6.07, 6.45) is -2.49. The van der Waals surface area contributed by atoms with Gasteiger partial charge in [-0.2, -0.15) is 13.2 Å². The van der Waals surface area contributed by atoms with Crippen molar-refractivity contribution in [1.29, 1.82) is 0 Å². The first kappa shape index (κ1) is 22.8. The summed E-state index contributed by atoms with van der Waals surface area (Å²) in [5.41, 5.74) is -0.287. The molecule has 1 heterocycles. The summed E-state index contributed by atoms with van der Waals surface area (Å²) in [6.45, 7) is 0.200. The molecule has 33 heavy (non-hydrogen) atoms. The Balaban J connectivity index is 1.32. The molecule has 0 bridgehead atoms. The first-order chi connectivity index (χ1) is 15.8. The van der Waals surface area contributed by atoms with Crippen LogP contribution in [0.4, 0.5) is 18.9 Å². The topological polar surface area (TPSA) is 58.6 Å². The van der Waals surface area contributed by atoms with Crippen molar-refractivity contribution in [2.24, 2.45) is 0 Å². The van der Waals surface area contributed by atoms with E-state index in [1.165, 1.54) is 12.1 Å². The van der Waals surface area contributed by atoms with Gasteiger partial charge >= 0.3 is 6.18 Å². The van der Waals surface area contributed by atoms with Crippen LogP contribution < -0.4 is 10.1 Å². The van der Waals surface area contributed by atoms with E-state index in [0.717, 1.165) is 29.9 Å². The van der Waals surface area contributed by atoms with Crippen LogP contribution in [0, 0.1) is 0 Å². The molecule has 1 fully saturated rings. The molecule has 9 heteroatoms. The molecule has 2 aromatic carbocycles. The Kier molecular flexibility index (Phi) is 6.69. The Morgan fingerprint density at radius 3 is 2.45 bits per heavy atom. The van der Waals surface area contributed by atoms with Crippen molar-refractivity contribution < 1.29 is 27.5 Å². The summed E-state index contributed by atoms with van der Waals surface area (Å²) in [7, 11) is 0. The van der Waals surface area contributed by atoms with Gasteiger partial charge in [-0.25, -0.2) is 0 Å². The van der Waals surface area contributed by atoms with Crippen LogP contribution in [0.25, 0.3) is 0 Å². The molecule has 4 rings (SSSR count). The van der Waals surface area contributed by atoms with Gasteiger partial charge in [0.15, 0.2) is 6.61 Å². The maximum Gasteiger partial charge on any atom is 0.416 e. The number of thiophene rings is 1. The number of nitrogens with zero attached hydrogens (tertiary/aromatic N) is 1. The highest BCUT2D eigenvalue weighted by atomic mass is 32.1. The van der Waals surface area contributed by atoms with Gasteiger partial charge < -0.3 is 15.0 Å². The van der Waals surface area contributed by atoms with Gasteiger partial charge in [-0.15, -0.1) is 11.3 Å². The molecule has 0 saturated heterocycles. The van der Waals surface area contributed by atoms with E-state index in [4.69, 9.17) is 4.74 Å². The van der Waals surface area contributed by atoms with E-state index in [1.54, 1.807) is 35.6 Å². The minimum absolute atomic E-state index is 0.0327. The highest BCUT2D eigenvalue weighted by molar-refractivity contribution is 7.09. The molecule has 0 radical (unpaired) electrons. The lowest BCUT2D eigenvalue weighted by Gasteiger charge is -2.22. The minimum atomic E-state index is -4.49. The Hall–Kier alpha value is -3.33. The number of hydrogen-bond acceptors (Lipinski definition) is 4. The number of halogens is 3. The van der Waals surface area contributed by atoms with E-state index in [0.29, 0.717) is 17.9 Å². The molecule has 0 aliphatic heterocycles. The molecule has 5 nitrogen and oxygen atoms in total. The number of nitrogens with one attached hydrogen (secondary N) is 1. The molecule has 1 aromatic heterocycles. The van der Waals surface area contributed by atoms with Gasteiger partial charge in [0.25, 0.3) is 11.8 Å². The molecule has 2 amide bonds. The molecule has 0 unspecified atom stereocenters. The number of amides is 2. The lowest BCUT2D eigenvalue weighted by molar-refractivity contribution is -0.137. The van der Waals surface area contributed by atoms with Crippen molar-refractivity contribution in [3.63, 3.8) is 0 Å². The van der Waals surface area contributed by atoms with Crippen molar-refractivity contribution in [1.82, 2.24) is 4.90 Å². The average Bonchev–Trinajstić information content (AvgIpc) is 3.50. The van der Waals surface area contributed by atoms with Gasteiger partial charge in [0.1, 0.15) is 5.75 Å². The fourth-order valence-electron chi connectivity index (χ4n) is 3.30. The molecule has 3 aromatic rings. The Bertz CT molecular complexity index is 1110. The smallest absolute Gasteiger partial charge is 0.416 e. The van der Waals surface area contributed by atoms with Crippen molar-refractivity contribution in [3.8, 4) is 5.75 Å². The van der Waals surface area contributed by atoms with E-state index in [2.05, 4.69) is 5.32 Å². The van der Waals surface area contributed by atoms with Crippen molar-refractivity contribution in [3.05, 3.63) is 82.0 Å². The standard InChI is InChI=1S/C24H21F3N2O3S/c25-24(26,27)17-3-1-4-18(13-17)28-22(30)15-32-20-10-6-16(7-11-20)23(31)29(19-8-9-19)14-21-5-2-12-33-21/h1-7,10-13,19H,8-9,14-15H2,(H,28,30). The zero-order valence-electron chi connectivity index (χ0n) is 17.5. The van der Waals surface area contributed by atoms with Gasteiger partial charge in [0.05, 0.1) is 12.1 Å². The maximum atomic E-state index is 13.0. The second-order valence-corrected chi connectivity index (χ2v) is 8.72. The third-order valence-corrected chi connectivity index (χ3v) is 5.96. The van der Waals surface area contributed by atoms with Crippen LogP contribution in [-0.4, -0.2) is 29.4 Å². The van der Waals surface area contributed by atoms with E-state index in [1.807, 2.05) is 22.4 Å². The third kappa shape index (κ3) is 6.13. The van der Waals surface area contributed by atoms with E-state index in [-0.39, 0.29) is 24.2 Å². The monoisotopic (exact) mass is 474 g/mol. The Morgan fingerprint density at radius 1 is 1.06 bits per heavy atom. The maximum absolute atomic E-state index is 13.0. The van der Waals surface area contributed by atoms with Gasteiger partial charge in [0.2, 0.25) is 0 Å². The molecule has 172 valence electrons. The van der Waals surface area contributed by atoms with Crippen LogP contribution >= 0.6 is 11.3 Å². The quantitative estimate of drug-likeness (QED) is 0.463. The minimum Gasteiger partial charge on any atom is -0.484 e. The fraction of sp³-hybridized carbons (Fsp3) is 0.250. The number of ether oxygens (including phenoxy) is 1. The second kappa shape index (κ2) is 9.66. The summed E-state index contributed by atoms with van der Waals surface area (Å²) in [5, 5.41) is 4.37. The van der Waals surface area contributed by atoms with Gasteiger partial charge in [0, 0.05) is 22.2 Å². The molecule has 1 aliphatic rings. The lowest BCUT2D eigenvalue weighted by Crippen LogP contribution is -2.32. The fourth-order valence-corrected chi connectivity index (χ4v) is 4.00. The third-order valence-electron chi connectivity index (χ3n) is 5.10. The molecular weight excluding hydrogens is 453 g/mol.